The number of unbranched alkanes of at least 4 members (excludes halogenated alkanes) is 1. The van der Waals surface area contributed by atoms with Crippen molar-refractivity contribution in [3.8, 4) is 0 Å². The molecule has 0 aliphatic rings. The van der Waals surface area contributed by atoms with E-state index in [1.807, 2.05) is 0 Å². The molecule has 16 heavy (non-hydrogen) atoms. The minimum absolute atomic E-state index is 0. The number of halogens is 1. The highest BCUT2D eigenvalue weighted by atomic mass is 127. The van der Waals surface area contributed by atoms with Crippen LogP contribution in [0.5, 0.6) is 0 Å². The van der Waals surface area contributed by atoms with Gasteiger partial charge in [0.1, 0.15) is 0 Å². The van der Waals surface area contributed by atoms with Crippen molar-refractivity contribution in [3.05, 3.63) is 0 Å². The first kappa shape index (κ1) is 18.4. The molecule has 1 N–H and O–H groups in total. The largest absolute Gasteiger partial charge is 0.357 e. The van der Waals surface area contributed by atoms with Crippen LogP contribution in [-0.4, -0.2) is 37.5 Å². The lowest BCUT2D eigenvalue weighted by Gasteiger charge is -2.22. The Kier molecular flexibility index (Phi) is 13.2. The van der Waals surface area contributed by atoms with Gasteiger partial charge in [0.05, 0.1) is 0 Å². The molecular weight excluding hydrogens is 313 g/mol. The summed E-state index contributed by atoms with van der Waals surface area (Å²) in [5.41, 5.74) is 0. The fourth-order valence-electron chi connectivity index (χ4n) is 1.24. The molecule has 98 valence electrons. The van der Waals surface area contributed by atoms with Crippen molar-refractivity contribution < 1.29 is 0 Å². The second kappa shape index (κ2) is 11.5. The van der Waals surface area contributed by atoms with Crippen LogP contribution in [0, 0.1) is 5.92 Å². The summed E-state index contributed by atoms with van der Waals surface area (Å²) in [7, 11) is 2.11. The van der Waals surface area contributed by atoms with E-state index in [4.69, 9.17) is 0 Å². The second-order valence-corrected chi connectivity index (χ2v) is 4.36. The average Bonchev–Trinajstić information content (AvgIpc) is 2.20. The molecule has 0 heterocycles. The van der Waals surface area contributed by atoms with Crippen LogP contribution in [0.2, 0.25) is 0 Å². The molecule has 0 amide bonds. The Morgan fingerprint density at radius 2 is 1.94 bits per heavy atom. The van der Waals surface area contributed by atoms with E-state index in [1.54, 1.807) is 0 Å². The fraction of sp³-hybridized carbons (Fsp3) is 0.917. The van der Waals surface area contributed by atoms with E-state index in [-0.39, 0.29) is 24.0 Å². The molecule has 0 spiro atoms. The number of hydrogen-bond donors (Lipinski definition) is 1. The third-order valence-corrected chi connectivity index (χ3v) is 2.15. The third kappa shape index (κ3) is 9.24. The zero-order chi connectivity index (χ0) is 11.7. The van der Waals surface area contributed by atoms with Gasteiger partial charge in [0, 0.05) is 26.7 Å². The molecule has 0 aliphatic heterocycles. The number of hydrogen-bond acceptors (Lipinski definition) is 1. The number of aliphatic imine (C=N–C) groups is 1. The van der Waals surface area contributed by atoms with Crippen molar-refractivity contribution >= 4 is 29.9 Å². The summed E-state index contributed by atoms with van der Waals surface area (Å²) < 4.78 is 0. The maximum Gasteiger partial charge on any atom is 0.193 e. The number of nitrogens with zero attached hydrogens (tertiary/aromatic N) is 2. The maximum absolute atomic E-state index is 4.60. The van der Waals surface area contributed by atoms with Gasteiger partial charge in [-0.15, -0.1) is 24.0 Å². The SMILES string of the molecule is CCCCN(C)C(=NCC(C)C)NCC.I. The smallest absolute Gasteiger partial charge is 0.193 e. The molecule has 0 saturated carbocycles. The zero-order valence-electron chi connectivity index (χ0n) is 11.4. The summed E-state index contributed by atoms with van der Waals surface area (Å²) in [6, 6.07) is 0. The van der Waals surface area contributed by atoms with Gasteiger partial charge in [-0.3, -0.25) is 4.99 Å². The Balaban J connectivity index is 0. The van der Waals surface area contributed by atoms with E-state index < -0.39 is 0 Å². The molecule has 4 heteroatoms. The van der Waals surface area contributed by atoms with Crippen LogP contribution in [0.15, 0.2) is 4.99 Å². The Labute approximate surface area is 118 Å². The highest BCUT2D eigenvalue weighted by molar-refractivity contribution is 14.0. The lowest BCUT2D eigenvalue weighted by molar-refractivity contribution is 0.462. The Morgan fingerprint density at radius 3 is 2.38 bits per heavy atom. The minimum atomic E-state index is 0. The summed E-state index contributed by atoms with van der Waals surface area (Å²) in [5.74, 6) is 1.66. The number of rotatable bonds is 6. The quantitative estimate of drug-likeness (QED) is 0.457. The normalized spacial score (nSPS) is 11.2. The average molecular weight is 341 g/mol. The lowest BCUT2D eigenvalue weighted by atomic mass is 10.2. The molecule has 0 aliphatic carbocycles. The monoisotopic (exact) mass is 341 g/mol. The molecule has 0 fully saturated rings. The lowest BCUT2D eigenvalue weighted by Crippen LogP contribution is -2.39. The van der Waals surface area contributed by atoms with Crippen molar-refractivity contribution in [2.75, 3.05) is 26.7 Å². The summed E-state index contributed by atoms with van der Waals surface area (Å²) in [6.45, 7) is 11.6. The van der Waals surface area contributed by atoms with Gasteiger partial charge in [0.2, 0.25) is 0 Å². The van der Waals surface area contributed by atoms with Crippen molar-refractivity contribution in [1.82, 2.24) is 10.2 Å². The predicted molar refractivity (Wildman–Crippen MR) is 83.8 cm³/mol. The first-order valence-electron chi connectivity index (χ1n) is 6.11. The Bertz CT molecular complexity index is 181. The standard InChI is InChI=1S/C12H27N3.HI/c1-6-8-9-15(5)12(13-7-2)14-10-11(3)4;/h11H,6-10H2,1-5H3,(H,13,14);1H. The van der Waals surface area contributed by atoms with E-state index in [9.17, 15) is 0 Å². The zero-order valence-corrected chi connectivity index (χ0v) is 13.7. The van der Waals surface area contributed by atoms with E-state index in [2.05, 4.69) is 50.0 Å². The van der Waals surface area contributed by atoms with Gasteiger partial charge in [-0.2, -0.15) is 0 Å². The van der Waals surface area contributed by atoms with Crippen LogP contribution >= 0.6 is 24.0 Å². The van der Waals surface area contributed by atoms with Gasteiger partial charge in [-0.1, -0.05) is 27.2 Å². The molecule has 0 radical (unpaired) electrons. The van der Waals surface area contributed by atoms with E-state index in [1.165, 1.54) is 12.8 Å². The van der Waals surface area contributed by atoms with Gasteiger partial charge in [-0.25, -0.2) is 0 Å². The number of guanidine groups is 1. The molecular formula is C12H28IN3. The fourth-order valence-corrected chi connectivity index (χ4v) is 1.24. The Hall–Kier alpha value is 0. The molecule has 0 aromatic heterocycles. The summed E-state index contributed by atoms with van der Waals surface area (Å²) in [6.07, 6.45) is 2.45. The van der Waals surface area contributed by atoms with Crippen LogP contribution in [0.3, 0.4) is 0 Å². The van der Waals surface area contributed by atoms with E-state index >= 15 is 0 Å². The van der Waals surface area contributed by atoms with Crippen LogP contribution in [0.1, 0.15) is 40.5 Å². The van der Waals surface area contributed by atoms with Gasteiger partial charge in [0.25, 0.3) is 0 Å². The minimum Gasteiger partial charge on any atom is -0.357 e. The molecule has 0 rings (SSSR count). The summed E-state index contributed by atoms with van der Waals surface area (Å²) >= 11 is 0. The van der Waals surface area contributed by atoms with Gasteiger partial charge >= 0.3 is 0 Å². The first-order valence-corrected chi connectivity index (χ1v) is 6.11. The summed E-state index contributed by atoms with van der Waals surface area (Å²) in [4.78, 5) is 6.81. The van der Waals surface area contributed by atoms with E-state index in [0.29, 0.717) is 5.92 Å². The van der Waals surface area contributed by atoms with Crippen LogP contribution < -0.4 is 5.32 Å². The van der Waals surface area contributed by atoms with Crippen LogP contribution in [0.25, 0.3) is 0 Å². The molecule has 0 aromatic rings. The van der Waals surface area contributed by atoms with Crippen LogP contribution in [-0.2, 0) is 0 Å². The summed E-state index contributed by atoms with van der Waals surface area (Å²) in [5, 5.41) is 3.32. The molecule has 0 atom stereocenters. The van der Waals surface area contributed by atoms with E-state index in [0.717, 1.165) is 25.6 Å². The highest BCUT2D eigenvalue weighted by Gasteiger charge is 2.04. The van der Waals surface area contributed by atoms with Crippen molar-refractivity contribution in [1.29, 1.82) is 0 Å². The maximum atomic E-state index is 4.60. The second-order valence-electron chi connectivity index (χ2n) is 4.36. The molecule has 0 bridgehead atoms. The van der Waals surface area contributed by atoms with Crippen molar-refractivity contribution in [2.24, 2.45) is 10.9 Å². The van der Waals surface area contributed by atoms with Gasteiger partial charge < -0.3 is 10.2 Å². The van der Waals surface area contributed by atoms with Gasteiger partial charge in [-0.05, 0) is 19.3 Å². The van der Waals surface area contributed by atoms with Crippen LogP contribution in [0.4, 0.5) is 0 Å². The van der Waals surface area contributed by atoms with Gasteiger partial charge in [0.15, 0.2) is 5.96 Å². The molecule has 0 saturated heterocycles. The predicted octanol–water partition coefficient (Wildman–Crippen LogP) is 2.96. The first-order chi connectivity index (χ1) is 7.11. The Morgan fingerprint density at radius 1 is 1.31 bits per heavy atom. The number of nitrogens with one attached hydrogen (secondary N) is 1. The highest BCUT2D eigenvalue weighted by Crippen LogP contribution is 1.96. The molecule has 0 unspecified atom stereocenters. The molecule has 0 aromatic carbocycles. The molecule has 3 nitrogen and oxygen atoms in total. The topological polar surface area (TPSA) is 27.6 Å². The van der Waals surface area contributed by atoms with Crippen molar-refractivity contribution in [3.63, 3.8) is 0 Å². The third-order valence-electron chi connectivity index (χ3n) is 2.15. The van der Waals surface area contributed by atoms with Crippen molar-refractivity contribution in [2.45, 2.75) is 40.5 Å².